The Morgan fingerprint density at radius 1 is 1.00 bits per heavy atom. The first-order valence-corrected chi connectivity index (χ1v) is 12.6. The highest BCUT2D eigenvalue weighted by molar-refractivity contribution is 5.80. The highest BCUT2D eigenvalue weighted by atomic mass is 16.5. The van der Waals surface area contributed by atoms with Gasteiger partial charge in [0.15, 0.2) is 0 Å². The Morgan fingerprint density at radius 3 is 2.26 bits per heavy atom. The smallest absolute Gasteiger partial charge is 0.407 e. The topological polar surface area (TPSA) is 105 Å². The van der Waals surface area contributed by atoms with E-state index in [9.17, 15) is 19.5 Å². The molecule has 0 aromatic heterocycles. The van der Waals surface area contributed by atoms with E-state index in [4.69, 9.17) is 4.74 Å². The lowest BCUT2D eigenvalue weighted by atomic mass is 9.84. The minimum absolute atomic E-state index is 0.0275. The second-order valence-corrected chi connectivity index (χ2v) is 9.56. The van der Waals surface area contributed by atoms with E-state index in [1.807, 2.05) is 31.2 Å². The highest BCUT2D eigenvalue weighted by Crippen LogP contribution is 2.44. The molecule has 186 valence electrons. The maximum atomic E-state index is 12.7. The Morgan fingerprint density at radius 2 is 1.63 bits per heavy atom. The van der Waals surface area contributed by atoms with Gasteiger partial charge in [0, 0.05) is 24.4 Å². The highest BCUT2D eigenvalue weighted by Gasteiger charge is 2.33. The number of nitrogens with one attached hydrogen (secondary N) is 2. The fourth-order valence-corrected chi connectivity index (χ4v) is 5.47. The average molecular weight is 479 g/mol. The lowest BCUT2D eigenvalue weighted by Gasteiger charge is -2.30. The number of alkyl carbamates (subject to hydrolysis) is 1. The van der Waals surface area contributed by atoms with Crippen molar-refractivity contribution in [3.63, 3.8) is 0 Å². The van der Waals surface area contributed by atoms with Crippen LogP contribution >= 0.6 is 0 Å². The second kappa shape index (κ2) is 11.4. The van der Waals surface area contributed by atoms with Crippen LogP contribution in [0.5, 0.6) is 0 Å². The van der Waals surface area contributed by atoms with Crippen molar-refractivity contribution in [1.82, 2.24) is 10.6 Å². The SMILES string of the molecule is CCC[C@H](CC(=O)NC1CCCCC1C(=O)O)NC(=O)OCC1c2ccccc2-c2ccccc21. The molecule has 2 aromatic rings. The van der Waals surface area contributed by atoms with Crippen LogP contribution < -0.4 is 10.6 Å². The third-order valence-electron chi connectivity index (χ3n) is 7.16. The summed E-state index contributed by atoms with van der Waals surface area (Å²) >= 11 is 0. The Bertz CT molecular complexity index is 1020. The Balaban J connectivity index is 1.33. The number of benzene rings is 2. The summed E-state index contributed by atoms with van der Waals surface area (Å²) in [4.78, 5) is 36.9. The van der Waals surface area contributed by atoms with Gasteiger partial charge in [-0.3, -0.25) is 9.59 Å². The molecule has 3 N–H and O–H groups in total. The van der Waals surface area contributed by atoms with Crippen molar-refractivity contribution in [1.29, 1.82) is 0 Å². The van der Waals surface area contributed by atoms with E-state index in [1.54, 1.807) is 0 Å². The van der Waals surface area contributed by atoms with Gasteiger partial charge in [0.05, 0.1) is 5.92 Å². The number of carboxylic acids is 1. The molecule has 0 aliphatic heterocycles. The fraction of sp³-hybridized carbons (Fsp3) is 0.464. The van der Waals surface area contributed by atoms with Gasteiger partial charge in [-0.15, -0.1) is 0 Å². The van der Waals surface area contributed by atoms with E-state index in [0.29, 0.717) is 19.3 Å². The van der Waals surface area contributed by atoms with Gasteiger partial charge in [-0.2, -0.15) is 0 Å². The summed E-state index contributed by atoms with van der Waals surface area (Å²) in [5.41, 5.74) is 4.62. The molecule has 2 amide bonds. The van der Waals surface area contributed by atoms with Crippen molar-refractivity contribution < 1.29 is 24.2 Å². The lowest BCUT2D eigenvalue weighted by Crippen LogP contribution is -2.47. The summed E-state index contributed by atoms with van der Waals surface area (Å²) in [5, 5.41) is 15.2. The van der Waals surface area contributed by atoms with Crippen molar-refractivity contribution in [2.45, 2.75) is 69.9 Å². The van der Waals surface area contributed by atoms with Crippen LogP contribution in [0, 0.1) is 5.92 Å². The van der Waals surface area contributed by atoms with Crippen LogP contribution in [-0.4, -0.2) is 41.8 Å². The maximum Gasteiger partial charge on any atom is 0.407 e. The Labute approximate surface area is 206 Å². The minimum Gasteiger partial charge on any atom is -0.481 e. The van der Waals surface area contributed by atoms with Crippen molar-refractivity contribution >= 4 is 18.0 Å². The molecule has 2 aliphatic rings. The number of carboxylic acid groups (broad SMARTS) is 1. The summed E-state index contributed by atoms with van der Waals surface area (Å²) in [6.07, 6.45) is 4.00. The van der Waals surface area contributed by atoms with Gasteiger partial charge >= 0.3 is 12.1 Å². The molecule has 7 nitrogen and oxygen atoms in total. The van der Waals surface area contributed by atoms with Gasteiger partial charge in [0.1, 0.15) is 6.61 Å². The molecule has 4 rings (SSSR count). The summed E-state index contributed by atoms with van der Waals surface area (Å²) in [5.74, 6) is -1.68. The van der Waals surface area contributed by atoms with E-state index >= 15 is 0 Å². The third kappa shape index (κ3) is 5.84. The zero-order valence-corrected chi connectivity index (χ0v) is 20.2. The van der Waals surface area contributed by atoms with Crippen molar-refractivity contribution in [3.8, 4) is 11.1 Å². The van der Waals surface area contributed by atoms with Gasteiger partial charge in [0.2, 0.25) is 5.91 Å². The van der Waals surface area contributed by atoms with Gasteiger partial charge < -0.3 is 20.5 Å². The molecule has 1 saturated carbocycles. The minimum atomic E-state index is -0.864. The van der Waals surface area contributed by atoms with E-state index < -0.39 is 18.0 Å². The Hall–Kier alpha value is -3.35. The first-order chi connectivity index (χ1) is 17.0. The molecule has 2 aliphatic carbocycles. The molecular formula is C28H34N2O5. The normalized spacial score (nSPS) is 19.8. The van der Waals surface area contributed by atoms with E-state index in [-0.39, 0.29) is 36.9 Å². The van der Waals surface area contributed by atoms with Crippen LogP contribution in [0.1, 0.15) is 68.9 Å². The molecule has 0 spiro atoms. The largest absolute Gasteiger partial charge is 0.481 e. The third-order valence-corrected chi connectivity index (χ3v) is 7.16. The number of rotatable bonds is 9. The van der Waals surface area contributed by atoms with E-state index in [1.165, 1.54) is 11.1 Å². The van der Waals surface area contributed by atoms with E-state index in [0.717, 1.165) is 30.4 Å². The van der Waals surface area contributed by atoms with E-state index in [2.05, 4.69) is 34.9 Å². The predicted octanol–water partition coefficient (Wildman–Crippen LogP) is 4.84. The first kappa shape index (κ1) is 24.8. The lowest BCUT2D eigenvalue weighted by molar-refractivity contribution is -0.144. The molecular weight excluding hydrogens is 444 g/mol. The summed E-state index contributed by atoms with van der Waals surface area (Å²) < 4.78 is 5.64. The maximum absolute atomic E-state index is 12.7. The average Bonchev–Trinajstić information content (AvgIpc) is 3.17. The van der Waals surface area contributed by atoms with Crippen LogP contribution in [0.2, 0.25) is 0 Å². The van der Waals surface area contributed by atoms with Crippen LogP contribution in [0.25, 0.3) is 11.1 Å². The van der Waals surface area contributed by atoms with Crippen LogP contribution in [0.15, 0.2) is 48.5 Å². The predicted molar refractivity (Wildman–Crippen MR) is 133 cm³/mol. The fourth-order valence-electron chi connectivity index (χ4n) is 5.47. The second-order valence-electron chi connectivity index (χ2n) is 9.56. The molecule has 0 saturated heterocycles. The van der Waals surface area contributed by atoms with Gasteiger partial charge in [-0.1, -0.05) is 74.7 Å². The number of aliphatic carboxylic acids is 1. The summed E-state index contributed by atoms with van der Waals surface area (Å²) in [6.45, 7) is 2.21. The molecule has 2 aromatic carbocycles. The molecule has 2 unspecified atom stereocenters. The number of hydrogen-bond donors (Lipinski definition) is 3. The molecule has 7 heteroatoms. The van der Waals surface area contributed by atoms with Crippen molar-refractivity contribution in [2.75, 3.05) is 6.61 Å². The van der Waals surface area contributed by atoms with Crippen LogP contribution in [-0.2, 0) is 14.3 Å². The van der Waals surface area contributed by atoms with Gasteiger partial charge in [-0.05, 0) is 41.5 Å². The zero-order chi connectivity index (χ0) is 24.8. The number of hydrogen-bond acceptors (Lipinski definition) is 4. The molecule has 0 bridgehead atoms. The number of carbonyl (C=O) groups excluding carboxylic acids is 2. The summed E-state index contributed by atoms with van der Waals surface area (Å²) in [6, 6.07) is 15.6. The molecule has 1 fully saturated rings. The monoisotopic (exact) mass is 478 g/mol. The van der Waals surface area contributed by atoms with Crippen molar-refractivity contribution in [2.24, 2.45) is 5.92 Å². The van der Waals surface area contributed by atoms with Crippen LogP contribution in [0.4, 0.5) is 4.79 Å². The Kier molecular flexibility index (Phi) is 8.06. The molecule has 35 heavy (non-hydrogen) atoms. The standard InChI is InChI=1S/C28H34N2O5/c1-2-9-18(16-26(31)30-25-15-8-7-14-23(25)27(32)33)29-28(34)35-17-24-21-12-5-3-10-19(21)20-11-4-6-13-22(20)24/h3-6,10-13,18,23-25H,2,7-9,14-17H2,1H3,(H,29,34)(H,30,31)(H,32,33)/t18-,23?,25?/m1/s1. The van der Waals surface area contributed by atoms with Gasteiger partial charge in [0.25, 0.3) is 0 Å². The number of carbonyl (C=O) groups is 3. The first-order valence-electron chi connectivity index (χ1n) is 12.6. The number of ether oxygens (including phenoxy) is 1. The zero-order valence-electron chi connectivity index (χ0n) is 20.2. The number of amides is 2. The van der Waals surface area contributed by atoms with Crippen LogP contribution in [0.3, 0.4) is 0 Å². The molecule has 3 atom stereocenters. The number of fused-ring (bicyclic) bond motifs is 3. The summed E-state index contributed by atoms with van der Waals surface area (Å²) in [7, 11) is 0. The molecule has 0 radical (unpaired) electrons. The molecule has 0 heterocycles. The van der Waals surface area contributed by atoms with Gasteiger partial charge in [-0.25, -0.2) is 4.79 Å². The quantitative estimate of drug-likeness (QED) is 0.478. The van der Waals surface area contributed by atoms with Crippen molar-refractivity contribution in [3.05, 3.63) is 59.7 Å².